The zero-order chi connectivity index (χ0) is 32.3. The highest BCUT2D eigenvalue weighted by molar-refractivity contribution is 5.69. The maximum absolute atomic E-state index is 12.6. The molecule has 5 nitrogen and oxygen atoms in total. The second-order valence-corrected chi connectivity index (χ2v) is 13.3. The van der Waals surface area contributed by atoms with Gasteiger partial charge in [-0.2, -0.15) is 4.57 Å². The number of pyridine rings is 1. The minimum absolute atomic E-state index is 0. The fourth-order valence-corrected chi connectivity index (χ4v) is 6.28. The Kier molecular flexibility index (Phi) is 28.7. The van der Waals surface area contributed by atoms with Crippen LogP contribution in [0.15, 0.2) is 12.1 Å². The van der Waals surface area contributed by atoms with Gasteiger partial charge in [0.25, 0.3) is 0 Å². The maximum Gasteiger partial charge on any atom is 0.306 e. The van der Waals surface area contributed by atoms with E-state index in [9.17, 15) is 9.59 Å². The molecule has 0 aliphatic carbocycles. The van der Waals surface area contributed by atoms with Crippen LogP contribution < -0.4 is 17.0 Å². The van der Waals surface area contributed by atoms with Crippen LogP contribution in [-0.4, -0.2) is 25.2 Å². The van der Waals surface area contributed by atoms with E-state index in [-0.39, 0.29) is 43.6 Å². The Morgan fingerprint density at radius 1 is 0.533 bits per heavy atom. The van der Waals surface area contributed by atoms with Crippen LogP contribution in [0.2, 0.25) is 0 Å². The Hall–Kier alpha value is -1.62. The summed E-state index contributed by atoms with van der Waals surface area (Å²) in [7, 11) is 0. The lowest BCUT2D eigenvalue weighted by Gasteiger charge is -2.17. The maximum atomic E-state index is 12.6. The number of carbonyl (C=O) groups excluding carboxylic acids is 2. The van der Waals surface area contributed by atoms with Crippen molar-refractivity contribution in [1.82, 2.24) is 0 Å². The molecule has 262 valence electrons. The van der Waals surface area contributed by atoms with Crippen molar-refractivity contribution in [3.63, 3.8) is 0 Å². The Morgan fingerprint density at radius 2 is 0.822 bits per heavy atom. The molecule has 0 saturated carbocycles. The summed E-state index contributed by atoms with van der Waals surface area (Å²) in [5.41, 5.74) is 3.35. The van der Waals surface area contributed by atoms with Gasteiger partial charge in [-0.3, -0.25) is 9.59 Å². The number of aromatic nitrogens is 1. The Bertz CT molecular complexity index is 810. The Morgan fingerprint density at radius 3 is 1.13 bits per heavy atom. The fourth-order valence-electron chi connectivity index (χ4n) is 6.28. The first-order valence-electron chi connectivity index (χ1n) is 18.7. The van der Waals surface area contributed by atoms with Crippen LogP contribution in [0, 0.1) is 20.8 Å². The molecule has 45 heavy (non-hydrogen) atoms. The third-order valence-corrected chi connectivity index (χ3v) is 8.84. The van der Waals surface area contributed by atoms with Crippen LogP contribution in [0.1, 0.15) is 191 Å². The number of carbonyl (C=O) groups is 2. The predicted molar refractivity (Wildman–Crippen MR) is 184 cm³/mol. The van der Waals surface area contributed by atoms with E-state index in [1.165, 1.54) is 121 Å². The summed E-state index contributed by atoms with van der Waals surface area (Å²) in [4.78, 5) is 25.2. The lowest BCUT2D eigenvalue weighted by atomic mass is 10.1. The van der Waals surface area contributed by atoms with Gasteiger partial charge in [0.15, 0.2) is 24.6 Å². The fraction of sp³-hybridized carbons (Fsp3) is 0.821. The molecule has 0 spiro atoms. The van der Waals surface area contributed by atoms with Crippen molar-refractivity contribution in [2.75, 3.05) is 13.2 Å². The van der Waals surface area contributed by atoms with Gasteiger partial charge >= 0.3 is 11.9 Å². The number of hydrogen-bond acceptors (Lipinski definition) is 4. The molecule has 0 unspecified atom stereocenters. The second-order valence-electron chi connectivity index (χ2n) is 13.3. The highest BCUT2D eigenvalue weighted by atomic mass is 35.5. The number of halogens is 1. The van der Waals surface area contributed by atoms with E-state index in [2.05, 4.69) is 51.3 Å². The van der Waals surface area contributed by atoms with E-state index in [0.29, 0.717) is 12.8 Å². The topological polar surface area (TPSA) is 56.5 Å². The van der Waals surface area contributed by atoms with E-state index in [0.717, 1.165) is 37.1 Å². The minimum atomic E-state index is -0.224. The van der Waals surface area contributed by atoms with Crippen molar-refractivity contribution < 1.29 is 36.0 Å². The van der Waals surface area contributed by atoms with Gasteiger partial charge in [0.2, 0.25) is 6.04 Å². The number of nitrogens with zero attached hydrogens (tertiary/aromatic N) is 1. The number of aryl methyl sites for hydroxylation is 3. The highest BCUT2D eigenvalue weighted by Gasteiger charge is 2.27. The van der Waals surface area contributed by atoms with Gasteiger partial charge in [0.1, 0.15) is 0 Å². The smallest absolute Gasteiger partial charge is 0.306 e. The van der Waals surface area contributed by atoms with Gasteiger partial charge in [-0.25, -0.2) is 0 Å². The van der Waals surface area contributed by atoms with Gasteiger partial charge in [0.05, 0.1) is 0 Å². The summed E-state index contributed by atoms with van der Waals surface area (Å²) >= 11 is 0. The van der Waals surface area contributed by atoms with E-state index in [1.807, 2.05) is 0 Å². The Labute approximate surface area is 284 Å². The van der Waals surface area contributed by atoms with E-state index in [4.69, 9.17) is 9.47 Å². The van der Waals surface area contributed by atoms with E-state index in [1.54, 1.807) is 0 Å². The van der Waals surface area contributed by atoms with Gasteiger partial charge in [-0.15, -0.1) is 0 Å². The molecule has 0 radical (unpaired) electrons. The second kappa shape index (κ2) is 29.8. The van der Waals surface area contributed by atoms with Crippen LogP contribution in [0.4, 0.5) is 0 Å². The van der Waals surface area contributed by atoms with Crippen LogP contribution in [0.25, 0.3) is 0 Å². The molecule has 1 heterocycles. The molecule has 6 heteroatoms. The molecule has 0 aliphatic rings. The van der Waals surface area contributed by atoms with Crippen molar-refractivity contribution >= 4 is 11.9 Å². The summed E-state index contributed by atoms with van der Waals surface area (Å²) in [6.45, 7) is 11.2. The molecule has 1 aromatic heterocycles. The molecule has 0 atom stereocenters. The van der Waals surface area contributed by atoms with Crippen LogP contribution >= 0.6 is 0 Å². The zero-order valence-electron chi connectivity index (χ0n) is 30.1. The molecule has 0 fully saturated rings. The largest absolute Gasteiger partial charge is 1.00 e. The first-order valence-corrected chi connectivity index (χ1v) is 18.7. The summed E-state index contributed by atoms with van der Waals surface area (Å²) in [6, 6.07) is 4.03. The molecule has 0 N–H and O–H groups in total. The normalized spacial score (nSPS) is 11.1. The molecule has 1 rings (SSSR count). The highest BCUT2D eigenvalue weighted by Crippen LogP contribution is 2.15. The molecule has 0 aliphatic heterocycles. The molecular weight excluding hydrogens is 582 g/mol. The molecule has 0 bridgehead atoms. The number of hydrogen-bond donors (Lipinski definition) is 0. The number of unbranched alkanes of at least 4 members (excludes halogenated alkanes) is 20. The quantitative estimate of drug-likeness (QED) is 0.0501. The van der Waals surface area contributed by atoms with E-state index >= 15 is 0 Å². The summed E-state index contributed by atoms with van der Waals surface area (Å²) in [5, 5.41) is 0. The van der Waals surface area contributed by atoms with Crippen molar-refractivity contribution in [2.45, 2.75) is 195 Å². The first-order chi connectivity index (χ1) is 21.4. The monoisotopic (exact) mass is 651 g/mol. The third-order valence-electron chi connectivity index (χ3n) is 8.84. The van der Waals surface area contributed by atoms with Gasteiger partial charge in [0, 0.05) is 38.8 Å². The van der Waals surface area contributed by atoms with Gasteiger partial charge < -0.3 is 21.9 Å². The molecule has 0 saturated heterocycles. The van der Waals surface area contributed by atoms with Gasteiger partial charge in [-0.1, -0.05) is 142 Å². The van der Waals surface area contributed by atoms with Crippen molar-refractivity contribution in [3.8, 4) is 0 Å². The molecule has 1 aromatic rings. The zero-order valence-corrected chi connectivity index (χ0v) is 30.8. The standard InChI is InChI=1S/C39H70NO4.ClH/c1-6-8-10-12-14-16-18-20-22-24-26-28-38(41)43-32-37(40-35(4)30-34(3)31-36(40)5)33-44-39(42)29-27-25-23-21-19-17-15-13-11-9-7-2;/h30-31,37H,6-29,32-33H2,1-5H3;1H/q+1;/p-1. The predicted octanol–water partition coefficient (Wildman–Crippen LogP) is 7.93. The van der Waals surface area contributed by atoms with E-state index < -0.39 is 0 Å². The van der Waals surface area contributed by atoms with Crippen LogP contribution in [0.5, 0.6) is 0 Å². The average Bonchev–Trinajstić information content (AvgIpc) is 2.99. The van der Waals surface area contributed by atoms with Crippen molar-refractivity contribution in [2.24, 2.45) is 0 Å². The summed E-state index contributed by atoms with van der Waals surface area (Å²) in [5.74, 6) is -0.303. The SMILES string of the molecule is CCCCCCCCCCCCCC(=O)OCC(COC(=O)CCCCCCCCCCCCC)[n+]1c(C)cc(C)cc1C.[Cl-]. The van der Waals surface area contributed by atoms with Crippen LogP contribution in [0.3, 0.4) is 0 Å². The summed E-state index contributed by atoms with van der Waals surface area (Å²) in [6.07, 6.45) is 28.6. The molecular formula is C39H70ClNO4. The summed E-state index contributed by atoms with van der Waals surface area (Å²) < 4.78 is 13.6. The van der Waals surface area contributed by atoms with Crippen molar-refractivity contribution in [3.05, 3.63) is 29.1 Å². The lowest BCUT2D eigenvalue weighted by Crippen LogP contribution is -3.00. The third kappa shape index (κ3) is 23.4. The number of rotatable bonds is 29. The van der Waals surface area contributed by atoms with Crippen LogP contribution in [-0.2, 0) is 19.1 Å². The number of ether oxygens (including phenoxy) is 2. The molecule has 0 amide bonds. The lowest BCUT2D eigenvalue weighted by molar-refractivity contribution is -0.736. The van der Waals surface area contributed by atoms with Gasteiger partial charge in [-0.05, 0) is 25.3 Å². The minimum Gasteiger partial charge on any atom is -1.00 e. The number of esters is 2. The first kappa shape index (κ1) is 43.4. The average molecular weight is 652 g/mol. The Balaban J connectivity index is 0.0000194. The van der Waals surface area contributed by atoms with Crippen molar-refractivity contribution in [1.29, 1.82) is 0 Å². The molecule has 0 aromatic carbocycles.